The number of hydrogen-bond donors (Lipinski definition) is 9. The lowest BCUT2D eigenvalue weighted by Crippen LogP contribution is -2.57. The van der Waals surface area contributed by atoms with Crippen molar-refractivity contribution < 1.29 is 43.8 Å². The first-order chi connectivity index (χ1) is 16.3. The smallest absolute Gasteiger partial charge is 0.326 e. The summed E-state index contributed by atoms with van der Waals surface area (Å²) in [5.41, 5.74) is 21.1. The maximum atomic E-state index is 12.9. The Morgan fingerprint density at radius 2 is 1.20 bits per heavy atom. The number of carbonyl (C=O) groups is 7. The monoisotopic (exact) mass is 503 g/mol. The maximum Gasteiger partial charge on any atom is 0.326 e. The quantitative estimate of drug-likeness (QED) is 0.0804. The summed E-state index contributed by atoms with van der Waals surface area (Å²) in [5, 5.41) is 24.7. The Hall–Kier alpha value is -3.79. The van der Waals surface area contributed by atoms with Crippen LogP contribution in [0.25, 0.3) is 0 Å². The molecule has 0 radical (unpaired) electrons. The zero-order chi connectivity index (χ0) is 27.1. The fraction of sp³-hybridized carbons (Fsp3) is 0.632. The van der Waals surface area contributed by atoms with Crippen molar-refractivity contribution in [2.24, 2.45) is 22.9 Å². The molecule has 16 nitrogen and oxygen atoms in total. The molecule has 198 valence electrons. The molecule has 0 aliphatic heterocycles. The molecule has 0 aliphatic rings. The fourth-order valence-corrected chi connectivity index (χ4v) is 2.82. The summed E-state index contributed by atoms with van der Waals surface area (Å²) >= 11 is 0. The Kier molecular flexibility index (Phi) is 14.2. The van der Waals surface area contributed by atoms with E-state index in [0.717, 1.165) is 0 Å². The summed E-state index contributed by atoms with van der Waals surface area (Å²) < 4.78 is 0. The van der Waals surface area contributed by atoms with E-state index in [9.17, 15) is 33.6 Å². The van der Waals surface area contributed by atoms with Gasteiger partial charge in [-0.05, 0) is 32.2 Å². The van der Waals surface area contributed by atoms with Crippen LogP contribution < -0.4 is 38.9 Å². The zero-order valence-electron chi connectivity index (χ0n) is 19.0. The highest BCUT2D eigenvalue weighted by molar-refractivity contribution is 5.95. The summed E-state index contributed by atoms with van der Waals surface area (Å²) in [6.45, 7) is 0.272. The first kappa shape index (κ1) is 31.2. The maximum absolute atomic E-state index is 12.9. The highest BCUT2D eigenvalue weighted by Crippen LogP contribution is 2.06. The van der Waals surface area contributed by atoms with Gasteiger partial charge < -0.3 is 49.1 Å². The molecule has 0 saturated heterocycles. The molecule has 0 fully saturated rings. The van der Waals surface area contributed by atoms with Crippen LogP contribution >= 0.6 is 0 Å². The molecule has 13 N–H and O–H groups in total. The SMILES string of the molecule is NCCCCC(NC(=O)C(CCC(N)=O)NC(=O)C(N)CC(N)=O)C(=O)NC(CC(=O)O)C(=O)O. The Labute approximate surface area is 200 Å². The van der Waals surface area contributed by atoms with Crippen molar-refractivity contribution in [3.05, 3.63) is 0 Å². The second-order valence-electron chi connectivity index (χ2n) is 7.69. The number of nitrogens with two attached hydrogens (primary N) is 4. The number of amides is 5. The zero-order valence-corrected chi connectivity index (χ0v) is 19.0. The molecular weight excluding hydrogens is 470 g/mol. The number of primary amides is 2. The van der Waals surface area contributed by atoms with Crippen LogP contribution in [0.2, 0.25) is 0 Å². The van der Waals surface area contributed by atoms with Gasteiger partial charge in [-0.3, -0.25) is 28.8 Å². The number of unbranched alkanes of at least 4 members (excludes halogenated alkanes) is 1. The number of rotatable bonds is 18. The third kappa shape index (κ3) is 13.5. The predicted molar refractivity (Wildman–Crippen MR) is 119 cm³/mol. The highest BCUT2D eigenvalue weighted by Gasteiger charge is 2.31. The van der Waals surface area contributed by atoms with E-state index in [-0.39, 0.29) is 25.8 Å². The molecule has 4 unspecified atom stereocenters. The molecule has 0 saturated carbocycles. The highest BCUT2D eigenvalue weighted by atomic mass is 16.4. The van der Waals surface area contributed by atoms with E-state index in [0.29, 0.717) is 12.8 Å². The van der Waals surface area contributed by atoms with Crippen molar-refractivity contribution in [2.45, 2.75) is 69.1 Å². The molecule has 0 aliphatic carbocycles. The second-order valence-corrected chi connectivity index (χ2v) is 7.69. The predicted octanol–water partition coefficient (Wildman–Crippen LogP) is -4.40. The summed E-state index contributed by atoms with van der Waals surface area (Å²) in [4.78, 5) is 82.1. The number of aliphatic carboxylic acids is 2. The Bertz CT molecular complexity index is 806. The summed E-state index contributed by atoms with van der Waals surface area (Å²) in [7, 11) is 0. The molecule has 16 heteroatoms. The van der Waals surface area contributed by atoms with Gasteiger partial charge in [-0.15, -0.1) is 0 Å². The standard InChI is InChI=1S/C19H33N7O9/c20-6-2-1-3-10(17(32)26-12(19(34)35)8-15(29)30)25-18(33)11(4-5-13(22)27)24-16(31)9(21)7-14(23)28/h9-12H,1-8,20-21H2,(H2,22,27)(H2,23,28)(H,24,31)(H,25,33)(H,26,32)(H,29,30)(H,34,35). The van der Waals surface area contributed by atoms with E-state index in [2.05, 4.69) is 16.0 Å². The van der Waals surface area contributed by atoms with Gasteiger partial charge in [0.25, 0.3) is 0 Å². The molecule has 0 heterocycles. The van der Waals surface area contributed by atoms with Crippen LogP contribution in [-0.4, -0.2) is 82.4 Å². The van der Waals surface area contributed by atoms with Gasteiger partial charge >= 0.3 is 11.9 Å². The van der Waals surface area contributed by atoms with Gasteiger partial charge in [-0.2, -0.15) is 0 Å². The number of hydrogen-bond acceptors (Lipinski definition) is 9. The van der Waals surface area contributed by atoms with Crippen LogP contribution in [-0.2, 0) is 33.6 Å². The third-order valence-electron chi connectivity index (χ3n) is 4.64. The van der Waals surface area contributed by atoms with Gasteiger partial charge in [-0.1, -0.05) is 0 Å². The fourth-order valence-electron chi connectivity index (χ4n) is 2.82. The van der Waals surface area contributed by atoms with Crippen molar-refractivity contribution >= 4 is 41.5 Å². The lowest BCUT2D eigenvalue weighted by Gasteiger charge is -2.25. The van der Waals surface area contributed by atoms with Crippen LogP contribution in [0.5, 0.6) is 0 Å². The number of carboxylic acids is 2. The van der Waals surface area contributed by atoms with Crippen LogP contribution in [0.3, 0.4) is 0 Å². The first-order valence-electron chi connectivity index (χ1n) is 10.7. The summed E-state index contributed by atoms with van der Waals surface area (Å²) in [6.07, 6.45) is -1.21. The minimum absolute atomic E-state index is 0.00581. The van der Waals surface area contributed by atoms with Crippen LogP contribution in [0, 0.1) is 0 Å². The Balaban J connectivity index is 5.61. The van der Waals surface area contributed by atoms with E-state index in [1.807, 2.05) is 0 Å². The van der Waals surface area contributed by atoms with E-state index < -0.39 is 78.5 Å². The topological polar surface area (TPSA) is 300 Å². The Morgan fingerprint density at radius 3 is 1.66 bits per heavy atom. The van der Waals surface area contributed by atoms with E-state index >= 15 is 0 Å². The van der Waals surface area contributed by atoms with Crippen LogP contribution in [0.4, 0.5) is 0 Å². The second kappa shape index (κ2) is 15.9. The van der Waals surface area contributed by atoms with Crippen molar-refractivity contribution in [3.8, 4) is 0 Å². The first-order valence-corrected chi connectivity index (χ1v) is 10.7. The van der Waals surface area contributed by atoms with Gasteiger partial charge in [0.15, 0.2) is 0 Å². The number of carboxylic acid groups (broad SMARTS) is 2. The van der Waals surface area contributed by atoms with Crippen molar-refractivity contribution in [2.75, 3.05) is 6.54 Å². The van der Waals surface area contributed by atoms with E-state index in [1.165, 1.54) is 0 Å². The van der Waals surface area contributed by atoms with Gasteiger partial charge in [0.1, 0.15) is 18.1 Å². The number of nitrogens with one attached hydrogen (secondary N) is 3. The lowest BCUT2D eigenvalue weighted by molar-refractivity contribution is -0.147. The summed E-state index contributed by atoms with van der Waals surface area (Å²) in [5.74, 6) is -7.54. The molecular formula is C19H33N7O9. The van der Waals surface area contributed by atoms with Gasteiger partial charge in [0.2, 0.25) is 29.5 Å². The van der Waals surface area contributed by atoms with E-state index in [1.54, 1.807) is 0 Å². The molecule has 0 aromatic rings. The molecule has 0 bridgehead atoms. The van der Waals surface area contributed by atoms with Crippen molar-refractivity contribution in [1.29, 1.82) is 0 Å². The average Bonchev–Trinajstić information content (AvgIpc) is 2.74. The van der Waals surface area contributed by atoms with Gasteiger partial charge in [0, 0.05) is 6.42 Å². The molecule has 0 rings (SSSR count). The average molecular weight is 504 g/mol. The minimum Gasteiger partial charge on any atom is -0.481 e. The minimum atomic E-state index is -1.76. The molecule has 0 aromatic carbocycles. The van der Waals surface area contributed by atoms with Gasteiger partial charge in [0.05, 0.1) is 18.9 Å². The lowest BCUT2D eigenvalue weighted by atomic mass is 10.0. The van der Waals surface area contributed by atoms with E-state index in [4.69, 9.17) is 33.1 Å². The molecule has 5 amide bonds. The number of carbonyl (C=O) groups excluding carboxylic acids is 5. The van der Waals surface area contributed by atoms with Crippen LogP contribution in [0.1, 0.15) is 44.9 Å². The molecule has 0 spiro atoms. The van der Waals surface area contributed by atoms with Crippen LogP contribution in [0.15, 0.2) is 0 Å². The van der Waals surface area contributed by atoms with Crippen molar-refractivity contribution in [1.82, 2.24) is 16.0 Å². The molecule has 4 atom stereocenters. The van der Waals surface area contributed by atoms with Crippen molar-refractivity contribution in [3.63, 3.8) is 0 Å². The molecule has 0 aromatic heterocycles. The Morgan fingerprint density at radius 1 is 0.686 bits per heavy atom. The molecule has 35 heavy (non-hydrogen) atoms. The largest absolute Gasteiger partial charge is 0.481 e. The normalized spacial score (nSPS) is 14.0. The summed E-state index contributed by atoms with van der Waals surface area (Å²) in [6, 6.07) is -5.86. The van der Waals surface area contributed by atoms with Gasteiger partial charge in [-0.25, -0.2) is 4.79 Å². The third-order valence-corrected chi connectivity index (χ3v) is 4.64.